The van der Waals surface area contributed by atoms with Crippen molar-refractivity contribution in [2.75, 3.05) is 0 Å². The van der Waals surface area contributed by atoms with Gasteiger partial charge in [-0.05, 0) is 12.3 Å². The van der Waals surface area contributed by atoms with Gasteiger partial charge < -0.3 is 5.73 Å². The Kier molecular flexibility index (Phi) is 5.77. The number of amides is 1. The Morgan fingerprint density at radius 1 is 1.33 bits per heavy atom. The van der Waals surface area contributed by atoms with Gasteiger partial charge in [0, 0.05) is 5.92 Å². The zero-order chi connectivity index (χ0) is 9.56. The second-order valence-electron chi connectivity index (χ2n) is 3.75. The number of hydrogen-bond donors (Lipinski definition) is 1. The molecule has 0 bridgehead atoms. The van der Waals surface area contributed by atoms with Gasteiger partial charge in [-0.1, -0.05) is 40.0 Å². The van der Waals surface area contributed by atoms with Crippen molar-refractivity contribution in [3.63, 3.8) is 0 Å². The number of primary amides is 1. The maximum absolute atomic E-state index is 11.0. The lowest BCUT2D eigenvalue weighted by atomic mass is 9.90. The molecule has 1 amide bonds. The molecular weight excluding hydrogens is 150 g/mol. The van der Waals surface area contributed by atoms with Crippen molar-refractivity contribution >= 4 is 5.91 Å². The van der Waals surface area contributed by atoms with E-state index in [0.29, 0.717) is 5.92 Å². The largest absolute Gasteiger partial charge is 0.369 e. The summed E-state index contributed by atoms with van der Waals surface area (Å²) >= 11 is 0. The zero-order valence-electron chi connectivity index (χ0n) is 8.47. The molecule has 0 rings (SSSR count). The highest BCUT2D eigenvalue weighted by atomic mass is 16.1. The van der Waals surface area contributed by atoms with E-state index < -0.39 is 0 Å². The minimum atomic E-state index is -0.138. The van der Waals surface area contributed by atoms with E-state index in [2.05, 4.69) is 20.8 Å². The zero-order valence-corrected chi connectivity index (χ0v) is 8.47. The molecule has 0 saturated heterocycles. The average Bonchev–Trinajstić information content (AvgIpc) is 1.96. The van der Waals surface area contributed by atoms with Gasteiger partial charge in [-0.2, -0.15) is 0 Å². The molecule has 0 aliphatic heterocycles. The van der Waals surface area contributed by atoms with Crippen LogP contribution >= 0.6 is 0 Å². The van der Waals surface area contributed by atoms with E-state index in [0.717, 1.165) is 12.8 Å². The Labute approximate surface area is 75.5 Å². The average molecular weight is 171 g/mol. The summed E-state index contributed by atoms with van der Waals surface area (Å²) in [6.07, 6.45) is 4.49. The number of nitrogens with two attached hydrogens (primary N) is 1. The van der Waals surface area contributed by atoms with E-state index in [4.69, 9.17) is 5.73 Å². The second-order valence-corrected chi connectivity index (χ2v) is 3.75. The molecule has 0 spiro atoms. The summed E-state index contributed by atoms with van der Waals surface area (Å²) in [4.78, 5) is 11.0. The first-order chi connectivity index (χ1) is 5.59. The van der Waals surface area contributed by atoms with Crippen molar-refractivity contribution in [2.24, 2.45) is 17.6 Å². The van der Waals surface area contributed by atoms with Crippen LogP contribution in [0.1, 0.15) is 46.5 Å². The first-order valence-electron chi connectivity index (χ1n) is 4.88. The Bertz CT molecular complexity index is 132. The van der Waals surface area contributed by atoms with Crippen molar-refractivity contribution in [3.05, 3.63) is 0 Å². The molecule has 0 aliphatic rings. The lowest BCUT2D eigenvalue weighted by Gasteiger charge is -2.16. The molecule has 1 unspecified atom stereocenters. The van der Waals surface area contributed by atoms with Crippen LogP contribution in [0.4, 0.5) is 0 Å². The van der Waals surface area contributed by atoms with E-state index in [1.165, 1.54) is 12.8 Å². The van der Waals surface area contributed by atoms with Gasteiger partial charge in [0.1, 0.15) is 0 Å². The fourth-order valence-electron chi connectivity index (χ4n) is 1.42. The topological polar surface area (TPSA) is 43.1 Å². The lowest BCUT2D eigenvalue weighted by molar-refractivity contribution is -0.123. The number of unbranched alkanes of at least 4 members (excludes halogenated alkanes) is 2. The van der Waals surface area contributed by atoms with Crippen LogP contribution in [0.5, 0.6) is 0 Å². The number of rotatable bonds is 6. The van der Waals surface area contributed by atoms with E-state index >= 15 is 0 Å². The Morgan fingerprint density at radius 2 is 1.92 bits per heavy atom. The molecule has 2 nitrogen and oxygen atoms in total. The first kappa shape index (κ1) is 11.5. The van der Waals surface area contributed by atoms with Gasteiger partial charge in [-0.3, -0.25) is 4.79 Å². The molecule has 0 aliphatic carbocycles. The van der Waals surface area contributed by atoms with Crippen molar-refractivity contribution in [1.82, 2.24) is 0 Å². The standard InChI is InChI=1S/C10H21NO/c1-4-5-6-7-9(8(2)3)10(11)12/h8-9H,4-7H2,1-3H3,(H2,11,12). The van der Waals surface area contributed by atoms with Crippen LogP contribution in [0.3, 0.4) is 0 Å². The van der Waals surface area contributed by atoms with Crippen LogP contribution in [0.2, 0.25) is 0 Å². The van der Waals surface area contributed by atoms with Crippen LogP contribution in [0.15, 0.2) is 0 Å². The molecule has 2 heteroatoms. The highest BCUT2D eigenvalue weighted by Gasteiger charge is 2.18. The smallest absolute Gasteiger partial charge is 0.220 e. The van der Waals surface area contributed by atoms with Gasteiger partial charge in [-0.15, -0.1) is 0 Å². The monoisotopic (exact) mass is 171 g/mol. The Balaban J connectivity index is 3.72. The van der Waals surface area contributed by atoms with E-state index in [1.54, 1.807) is 0 Å². The molecule has 72 valence electrons. The van der Waals surface area contributed by atoms with Crippen molar-refractivity contribution in [3.8, 4) is 0 Å². The van der Waals surface area contributed by atoms with Gasteiger partial charge >= 0.3 is 0 Å². The summed E-state index contributed by atoms with van der Waals surface area (Å²) in [6.45, 7) is 6.28. The normalized spacial score (nSPS) is 13.3. The third-order valence-corrected chi connectivity index (χ3v) is 2.29. The molecule has 0 aromatic carbocycles. The Hall–Kier alpha value is -0.530. The van der Waals surface area contributed by atoms with Gasteiger partial charge in [0.05, 0.1) is 0 Å². The van der Waals surface area contributed by atoms with Gasteiger partial charge in [-0.25, -0.2) is 0 Å². The minimum absolute atomic E-state index is 0.0801. The van der Waals surface area contributed by atoms with E-state index in [-0.39, 0.29) is 11.8 Å². The third kappa shape index (κ3) is 4.37. The van der Waals surface area contributed by atoms with Crippen molar-refractivity contribution in [1.29, 1.82) is 0 Å². The maximum Gasteiger partial charge on any atom is 0.220 e. The van der Waals surface area contributed by atoms with Gasteiger partial charge in [0.2, 0.25) is 5.91 Å². The first-order valence-corrected chi connectivity index (χ1v) is 4.88. The van der Waals surface area contributed by atoms with Crippen LogP contribution in [-0.4, -0.2) is 5.91 Å². The molecule has 0 aromatic rings. The molecule has 0 radical (unpaired) electrons. The second kappa shape index (κ2) is 6.04. The summed E-state index contributed by atoms with van der Waals surface area (Å²) in [5, 5.41) is 0. The molecule has 2 N–H and O–H groups in total. The minimum Gasteiger partial charge on any atom is -0.369 e. The Morgan fingerprint density at radius 3 is 2.25 bits per heavy atom. The molecular formula is C10H21NO. The summed E-state index contributed by atoms with van der Waals surface area (Å²) in [6, 6.07) is 0. The SMILES string of the molecule is CCCCCC(C(N)=O)C(C)C. The maximum atomic E-state index is 11.0. The fraction of sp³-hybridized carbons (Fsp3) is 0.900. The lowest BCUT2D eigenvalue weighted by Crippen LogP contribution is -2.27. The number of carbonyl (C=O) groups is 1. The predicted octanol–water partition coefficient (Wildman–Crippen LogP) is 2.32. The van der Waals surface area contributed by atoms with Crippen LogP contribution in [0, 0.1) is 11.8 Å². The van der Waals surface area contributed by atoms with E-state index in [1.807, 2.05) is 0 Å². The quantitative estimate of drug-likeness (QED) is 0.612. The number of hydrogen-bond acceptors (Lipinski definition) is 1. The van der Waals surface area contributed by atoms with Gasteiger partial charge in [0.15, 0.2) is 0 Å². The summed E-state index contributed by atoms with van der Waals surface area (Å²) in [5.41, 5.74) is 5.28. The fourth-order valence-corrected chi connectivity index (χ4v) is 1.42. The van der Waals surface area contributed by atoms with Crippen molar-refractivity contribution < 1.29 is 4.79 Å². The molecule has 0 heterocycles. The highest BCUT2D eigenvalue weighted by molar-refractivity contribution is 5.76. The predicted molar refractivity (Wildman–Crippen MR) is 51.7 cm³/mol. The molecule has 1 atom stereocenters. The molecule has 12 heavy (non-hydrogen) atoms. The third-order valence-electron chi connectivity index (χ3n) is 2.29. The summed E-state index contributed by atoms with van der Waals surface area (Å²) in [5.74, 6) is 0.331. The van der Waals surface area contributed by atoms with Crippen LogP contribution in [-0.2, 0) is 4.79 Å². The van der Waals surface area contributed by atoms with E-state index in [9.17, 15) is 4.79 Å². The van der Waals surface area contributed by atoms with Crippen LogP contribution < -0.4 is 5.73 Å². The number of carbonyl (C=O) groups excluding carboxylic acids is 1. The van der Waals surface area contributed by atoms with Crippen LogP contribution in [0.25, 0.3) is 0 Å². The summed E-state index contributed by atoms with van der Waals surface area (Å²) in [7, 11) is 0. The molecule has 0 fully saturated rings. The summed E-state index contributed by atoms with van der Waals surface area (Å²) < 4.78 is 0. The molecule has 0 saturated carbocycles. The van der Waals surface area contributed by atoms with Crippen molar-refractivity contribution in [2.45, 2.75) is 46.5 Å². The van der Waals surface area contributed by atoms with Gasteiger partial charge in [0.25, 0.3) is 0 Å². The highest BCUT2D eigenvalue weighted by Crippen LogP contribution is 2.17. The molecule has 0 aromatic heterocycles.